The van der Waals surface area contributed by atoms with Crippen LogP contribution in [-0.4, -0.2) is 36.3 Å². The first kappa shape index (κ1) is 14.7. The first-order valence-electron chi connectivity index (χ1n) is 6.69. The number of carbonyl (C=O) groups is 2. The topological polar surface area (TPSA) is 75.4 Å². The molecule has 2 rings (SSSR count). The Morgan fingerprint density at radius 1 is 1.30 bits per heavy atom. The maximum Gasteiger partial charge on any atom is 0.254 e. The van der Waals surface area contributed by atoms with E-state index in [0.29, 0.717) is 23.7 Å². The van der Waals surface area contributed by atoms with Crippen molar-refractivity contribution in [2.45, 2.75) is 19.3 Å². The Hall–Kier alpha value is -1.75. The van der Waals surface area contributed by atoms with Gasteiger partial charge < -0.3 is 16.0 Å². The number of nitrogens with one attached hydrogen (secondary N) is 1. The molecule has 5 nitrogen and oxygen atoms in total. The number of nitrogens with two attached hydrogens (primary N) is 1. The van der Waals surface area contributed by atoms with Crippen molar-refractivity contribution in [1.82, 2.24) is 10.2 Å². The van der Waals surface area contributed by atoms with Crippen LogP contribution in [-0.2, 0) is 4.79 Å². The standard InChI is InChI=1S/C14H18ClN3O2/c15-10-4-3-5-11(16)13(10)14(20)17-7-6-12(19)18-8-1-2-9-18/h3-5H,1-2,6-9,16H2,(H,17,20). The van der Waals surface area contributed by atoms with Gasteiger partial charge in [0.05, 0.1) is 10.6 Å². The summed E-state index contributed by atoms with van der Waals surface area (Å²) in [5, 5.41) is 3.00. The third kappa shape index (κ3) is 3.42. The van der Waals surface area contributed by atoms with Gasteiger partial charge in [0.1, 0.15) is 0 Å². The van der Waals surface area contributed by atoms with E-state index in [9.17, 15) is 9.59 Å². The minimum absolute atomic E-state index is 0.0786. The number of likely N-dealkylation sites (tertiary alicyclic amines) is 1. The molecule has 0 radical (unpaired) electrons. The van der Waals surface area contributed by atoms with Crippen LogP contribution >= 0.6 is 11.6 Å². The summed E-state index contributed by atoms with van der Waals surface area (Å²) >= 11 is 5.95. The first-order chi connectivity index (χ1) is 9.59. The molecule has 1 fully saturated rings. The number of rotatable bonds is 4. The van der Waals surface area contributed by atoms with Crippen molar-refractivity contribution < 1.29 is 9.59 Å². The second-order valence-corrected chi connectivity index (χ2v) is 5.21. The van der Waals surface area contributed by atoms with E-state index >= 15 is 0 Å². The molecule has 1 aliphatic heterocycles. The maximum atomic E-state index is 12.0. The SMILES string of the molecule is Nc1cccc(Cl)c1C(=O)NCCC(=O)N1CCCC1. The highest BCUT2D eigenvalue weighted by molar-refractivity contribution is 6.34. The quantitative estimate of drug-likeness (QED) is 0.830. The predicted molar refractivity (Wildman–Crippen MR) is 78.6 cm³/mol. The van der Waals surface area contributed by atoms with E-state index in [-0.39, 0.29) is 17.4 Å². The fourth-order valence-electron chi connectivity index (χ4n) is 2.28. The van der Waals surface area contributed by atoms with E-state index in [1.165, 1.54) is 0 Å². The van der Waals surface area contributed by atoms with Gasteiger partial charge in [-0.3, -0.25) is 9.59 Å². The Morgan fingerprint density at radius 2 is 2.00 bits per heavy atom. The van der Waals surface area contributed by atoms with Crippen LogP contribution in [0.4, 0.5) is 5.69 Å². The number of carbonyl (C=O) groups excluding carboxylic acids is 2. The molecular weight excluding hydrogens is 278 g/mol. The number of nitrogen functional groups attached to an aromatic ring is 1. The highest BCUT2D eigenvalue weighted by atomic mass is 35.5. The Kier molecular flexibility index (Phi) is 4.84. The molecular formula is C14H18ClN3O2. The molecule has 1 aromatic rings. The smallest absolute Gasteiger partial charge is 0.254 e. The van der Waals surface area contributed by atoms with Gasteiger partial charge in [-0.15, -0.1) is 0 Å². The lowest BCUT2D eigenvalue weighted by molar-refractivity contribution is -0.129. The lowest BCUT2D eigenvalue weighted by Gasteiger charge is -2.15. The molecule has 3 N–H and O–H groups in total. The average molecular weight is 296 g/mol. The van der Waals surface area contributed by atoms with E-state index < -0.39 is 0 Å². The maximum absolute atomic E-state index is 12.0. The lowest BCUT2D eigenvalue weighted by Crippen LogP contribution is -2.33. The molecule has 0 aromatic heterocycles. The summed E-state index contributed by atoms with van der Waals surface area (Å²) in [6.07, 6.45) is 2.43. The van der Waals surface area contributed by atoms with Crippen LogP contribution in [0, 0.1) is 0 Å². The monoisotopic (exact) mass is 295 g/mol. The minimum atomic E-state index is -0.345. The number of amides is 2. The summed E-state index contributed by atoms with van der Waals surface area (Å²) < 4.78 is 0. The molecule has 1 aliphatic rings. The van der Waals surface area contributed by atoms with Gasteiger partial charge in [-0.05, 0) is 25.0 Å². The number of hydrogen-bond acceptors (Lipinski definition) is 3. The van der Waals surface area contributed by atoms with Crippen molar-refractivity contribution in [1.29, 1.82) is 0 Å². The molecule has 0 unspecified atom stereocenters. The average Bonchev–Trinajstić information content (AvgIpc) is 2.92. The van der Waals surface area contributed by atoms with Crippen molar-refractivity contribution >= 4 is 29.1 Å². The largest absolute Gasteiger partial charge is 0.398 e. The molecule has 0 aliphatic carbocycles. The van der Waals surface area contributed by atoms with Crippen molar-refractivity contribution in [3.05, 3.63) is 28.8 Å². The highest BCUT2D eigenvalue weighted by Crippen LogP contribution is 2.21. The van der Waals surface area contributed by atoms with Gasteiger partial charge in [0, 0.05) is 31.7 Å². The van der Waals surface area contributed by atoms with E-state index in [2.05, 4.69) is 5.32 Å². The second-order valence-electron chi connectivity index (χ2n) is 4.80. The number of anilines is 1. The summed E-state index contributed by atoms with van der Waals surface area (Å²) in [6.45, 7) is 1.94. The first-order valence-corrected chi connectivity index (χ1v) is 7.07. The molecule has 0 saturated carbocycles. The molecule has 6 heteroatoms. The second kappa shape index (κ2) is 6.61. The Morgan fingerprint density at radius 3 is 2.65 bits per heavy atom. The van der Waals surface area contributed by atoms with Gasteiger partial charge in [0.25, 0.3) is 5.91 Å². The van der Waals surface area contributed by atoms with Gasteiger partial charge in [-0.25, -0.2) is 0 Å². The number of nitrogens with zero attached hydrogens (tertiary/aromatic N) is 1. The molecule has 1 heterocycles. The molecule has 1 saturated heterocycles. The molecule has 2 amide bonds. The van der Waals surface area contributed by atoms with Crippen molar-refractivity contribution in [3.8, 4) is 0 Å². The van der Waals surface area contributed by atoms with Gasteiger partial charge in [0.15, 0.2) is 0 Å². The van der Waals surface area contributed by atoms with Crippen molar-refractivity contribution in [2.24, 2.45) is 0 Å². The van der Waals surface area contributed by atoms with Gasteiger partial charge >= 0.3 is 0 Å². The van der Waals surface area contributed by atoms with Crippen LogP contribution < -0.4 is 11.1 Å². The number of benzene rings is 1. The van der Waals surface area contributed by atoms with Crippen LogP contribution in [0.25, 0.3) is 0 Å². The highest BCUT2D eigenvalue weighted by Gasteiger charge is 2.18. The predicted octanol–water partition coefficient (Wildman–Crippen LogP) is 1.66. The number of halogens is 1. The van der Waals surface area contributed by atoms with Crippen LogP contribution in [0.2, 0.25) is 5.02 Å². The fourth-order valence-corrected chi connectivity index (χ4v) is 2.54. The Balaban J connectivity index is 1.84. The summed E-state index contributed by atoms with van der Waals surface area (Å²) in [6, 6.07) is 4.92. The third-order valence-electron chi connectivity index (χ3n) is 3.36. The number of hydrogen-bond donors (Lipinski definition) is 2. The van der Waals surface area contributed by atoms with Crippen LogP contribution in [0.1, 0.15) is 29.6 Å². The van der Waals surface area contributed by atoms with Gasteiger partial charge in [0.2, 0.25) is 5.91 Å². The Bertz CT molecular complexity index is 493. The summed E-state index contributed by atoms with van der Waals surface area (Å²) in [4.78, 5) is 25.6. The zero-order valence-corrected chi connectivity index (χ0v) is 11.9. The molecule has 108 valence electrons. The summed E-state index contributed by atoms with van der Waals surface area (Å²) in [5.41, 5.74) is 6.33. The van der Waals surface area contributed by atoms with Crippen molar-refractivity contribution in [3.63, 3.8) is 0 Å². The van der Waals surface area contributed by atoms with Crippen LogP contribution in [0.5, 0.6) is 0 Å². The van der Waals surface area contributed by atoms with Gasteiger partial charge in [-0.1, -0.05) is 17.7 Å². The van der Waals surface area contributed by atoms with E-state index in [1.54, 1.807) is 18.2 Å². The normalized spacial score (nSPS) is 14.3. The lowest BCUT2D eigenvalue weighted by atomic mass is 10.1. The fraction of sp³-hybridized carbons (Fsp3) is 0.429. The summed E-state index contributed by atoms with van der Waals surface area (Å²) in [5.74, 6) is -0.266. The molecule has 0 bridgehead atoms. The van der Waals surface area contributed by atoms with Crippen LogP contribution in [0.3, 0.4) is 0 Å². The Labute approximate surface area is 123 Å². The zero-order chi connectivity index (χ0) is 14.5. The molecule has 1 aromatic carbocycles. The van der Waals surface area contributed by atoms with Gasteiger partial charge in [-0.2, -0.15) is 0 Å². The van der Waals surface area contributed by atoms with E-state index in [4.69, 9.17) is 17.3 Å². The van der Waals surface area contributed by atoms with Crippen LogP contribution in [0.15, 0.2) is 18.2 Å². The minimum Gasteiger partial charge on any atom is -0.398 e. The third-order valence-corrected chi connectivity index (χ3v) is 3.67. The molecule has 0 spiro atoms. The van der Waals surface area contributed by atoms with Crippen molar-refractivity contribution in [2.75, 3.05) is 25.4 Å². The molecule has 20 heavy (non-hydrogen) atoms. The van der Waals surface area contributed by atoms with E-state index in [1.807, 2.05) is 4.90 Å². The van der Waals surface area contributed by atoms with E-state index in [0.717, 1.165) is 25.9 Å². The summed E-state index contributed by atoms with van der Waals surface area (Å²) in [7, 11) is 0. The zero-order valence-electron chi connectivity index (χ0n) is 11.2. The molecule has 0 atom stereocenters.